The maximum absolute atomic E-state index is 5.80. The minimum absolute atomic E-state index is 0.516. The molecule has 0 bridgehead atoms. The Morgan fingerprint density at radius 3 is 2.85 bits per heavy atom. The molecule has 110 valence electrons. The van der Waals surface area contributed by atoms with Crippen LogP contribution in [0.3, 0.4) is 0 Å². The standard InChI is InChI=1S/C15H25N5/c1-2-3-8-17-15(16)19-12-13-6-7-14(18-11-13)20-9-4-5-10-20/h6-7,11H,2-5,8-10,12H2,1H3,(H3,16,17,19). The van der Waals surface area contributed by atoms with Gasteiger partial charge < -0.3 is 16.0 Å². The van der Waals surface area contributed by atoms with Gasteiger partial charge >= 0.3 is 0 Å². The number of pyridine rings is 1. The quantitative estimate of drug-likeness (QED) is 0.472. The molecule has 0 radical (unpaired) electrons. The van der Waals surface area contributed by atoms with Gasteiger partial charge in [0.15, 0.2) is 5.96 Å². The third-order valence-corrected chi connectivity index (χ3v) is 3.51. The molecule has 0 spiro atoms. The molecular formula is C15H25N5. The fourth-order valence-corrected chi connectivity index (χ4v) is 2.27. The van der Waals surface area contributed by atoms with Crippen LogP contribution in [0.4, 0.5) is 5.82 Å². The predicted molar refractivity (Wildman–Crippen MR) is 83.9 cm³/mol. The van der Waals surface area contributed by atoms with Crippen LogP contribution in [0.25, 0.3) is 0 Å². The summed E-state index contributed by atoms with van der Waals surface area (Å²) in [4.78, 5) is 11.2. The third kappa shape index (κ3) is 4.40. The van der Waals surface area contributed by atoms with E-state index in [1.165, 1.54) is 12.8 Å². The van der Waals surface area contributed by atoms with Crippen LogP contribution in [-0.2, 0) is 6.54 Å². The lowest BCUT2D eigenvalue weighted by Crippen LogP contribution is -2.32. The van der Waals surface area contributed by atoms with E-state index in [2.05, 4.69) is 39.2 Å². The number of nitrogens with zero attached hydrogens (tertiary/aromatic N) is 3. The second-order valence-corrected chi connectivity index (χ2v) is 5.20. The molecule has 1 aliphatic rings. The van der Waals surface area contributed by atoms with Crippen molar-refractivity contribution in [2.45, 2.75) is 39.2 Å². The lowest BCUT2D eigenvalue weighted by molar-refractivity contribution is 0.748. The van der Waals surface area contributed by atoms with E-state index in [-0.39, 0.29) is 0 Å². The van der Waals surface area contributed by atoms with Crippen molar-refractivity contribution in [3.8, 4) is 0 Å². The Kier molecular flexibility index (Phi) is 5.65. The summed E-state index contributed by atoms with van der Waals surface area (Å²) >= 11 is 0. The Morgan fingerprint density at radius 1 is 1.40 bits per heavy atom. The van der Waals surface area contributed by atoms with Crippen LogP contribution in [0.15, 0.2) is 23.3 Å². The van der Waals surface area contributed by atoms with Crippen LogP contribution in [0.2, 0.25) is 0 Å². The molecule has 20 heavy (non-hydrogen) atoms. The Hall–Kier alpha value is -1.78. The van der Waals surface area contributed by atoms with Crippen molar-refractivity contribution in [1.82, 2.24) is 10.3 Å². The van der Waals surface area contributed by atoms with E-state index >= 15 is 0 Å². The van der Waals surface area contributed by atoms with E-state index in [1.54, 1.807) is 0 Å². The molecule has 1 saturated heterocycles. The van der Waals surface area contributed by atoms with Gasteiger partial charge in [0.05, 0.1) is 6.54 Å². The number of nitrogens with two attached hydrogens (primary N) is 1. The van der Waals surface area contributed by atoms with Gasteiger partial charge in [0.1, 0.15) is 5.82 Å². The van der Waals surface area contributed by atoms with Crippen molar-refractivity contribution in [2.24, 2.45) is 10.7 Å². The Morgan fingerprint density at radius 2 is 2.20 bits per heavy atom. The zero-order valence-corrected chi connectivity index (χ0v) is 12.3. The van der Waals surface area contributed by atoms with E-state index in [0.29, 0.717) is 12.5 Å². The van der Waals surface area contributed by atoms with E-state index in [1.807, 2.05) is 6.20 Å². The van der Waals surface area contributed by atoms with Crippen LogP contribution < -0.4 is 16.0 Å². The van der Waals surface area contributed by atoms with Gasteiger partial charge in [-0.3, -0.25) is 0 Å². The van der Waals surface area contributed by atoms with Gasteiger partial charge in [-0.2, -0.15) is 0 Å². The van der Waals surface area contributed by atoms with Crippen molar-refractivity contribution >= 4 is 11.8 Å². The van der Waals surface area contributed by atoms with Crippen LogP contribution in [-0.4, -0.2) is 30.6 Å². The van der Waals surface area contributed by atoms with Gasteiger partial charge in [0.2, 0.25) is 0 Å². The lowest BCUT2D eigenvalue weighted by atomic mass is 10.3. The summed E-state index contributed by atoms with van der Waals surface area (Å²) in [5.74, 6) is 1.59. The topological polar surface area (TPSA) is 66.5 Å². The molecule has 2 rings (SSSR count). The van der Waals surface area contributed by atoms with E-state index in [4.69, 9.17) is 5.73 Å². The summed E-state index contributed by atoms with van der Waals surface area (Å²) in [6.45, 7) is 5.87. The first-order valence-corrected chi connectivity index (χ1v) is 7.53. The molecule has 1 aliphatic heterocycles. The molecule has 1 aromatic heterocycles. The monoisotopic (exact) mass is 275 g/mol. The molecule has 1 fully saturated rings. The summed E-state index contributed by atoms with van der Waals surface area (Å²) in [6, 6.07) is 4.17. The molecule has 0 aliphatic carbocycles. The first-order valence-electron chi connectivity index (χ1n) is 7.53. The van der Waals surface area contributed by atoms with Gasteiger partial charge in [0, 0.05) is 25.8 Å². The number of hydrogen-bond donors (Lipinski definition) is 2. The minimum atomic E-state index is 0.516. The van der Waals surface area contributed by atoms with Gasteiger partial charge in [0.25, 0.3) is 0 Å². The lowest BCUT2D eigenvalue weighted by Gasteiger charge is -2.15. The molecule has 5 heteroatoms. The number of guanidine groups is 1. The third-order valence-electron chi connectivity index (χ3n) is 3.51. The van der Waals surface area contributed by atoms with Gasteiger partial charge in [-0.15, -0.1) is 0 Å². The van der Waals surface area contributed by atoms with Gasteiger partial charge in [-0.25, -0.2) is 9.98 Å². The maximum atomic E-state index is 5.80. The highest BCUT2D eigenvalue weighted by Gasteiger charge is 2.12. The Balaban J connectivity index is 1.82. The van der Waals surface area contributed by atoms with Crippen LogP contribution >= 0.6 is 0 Å². The minimum Gasteiger partial charge on any atom is -0.370 e. The molecular weight excluding hydrogens is 250 g/mol. The van der Waals surface area contributed by atoms with Crippen molar-refractivity contribution in [1.29, 1.82) is 0 Å². The van der Waals surface area contributed by atoms with Crippen molar-refractivity contribution < 1.29 is 0 Å². The van der Waals surface area contributed by atoms with E-state index < -0.39 is 0 Å². The summed E-state index contributed by atoms with van der Waals surface area (Å²) in [6.07, 6.45) is 6.71. The largest absolute Gasteiger partial charge is 0.370 e. The number of aliphatic imine (C=N–C) groups is 1. The molecule has 0 saturated carbocycles. The molecule has 0 atom stereocenters. The summed E-state index contributed by atoms with van der Waals surface area (Å²) in [7, 11) is 0. The molecule has 3 N–H and O–H groups in total. The molecule has 5 nitrogen and oxygen atoms in total. The Bertz CT molecular complexity index is 420. The fraction of sp³-hybridized carbons (Fsp3) is 0.600. The maximum Gasteiger partial charge on any atom is 0.188 e. The van der Waals surface area contributed by atoms with Crippen LogP contribution in [0.1, 0.15) is 38.2 Å². The average Bonchev–Trinajstić information content (AvgIpc) is 3.00. The number of unbranched alkanes of at least 4 members (excludes halogenated alkanes) is 1. The summed E-state index contributed by atoms with van der Waals surface area (Å²) < 4.78 is 0. The normalized spacial score (nSPS) is 15.7. The highest BCUT2D eigenvalue weighted by molar-refractivity contribution is 5.77. The second-order valence-electron chi connectivity index (χ2n) is 5.20. The molecule has 1 aromatic rings. The van der Waals surface area contributed by atoms with Crippen molar-refractivity contribution in [3.05, 3.63) is 23.9 Å². The van der Waals surface area contributed by atoms with Crippen molar-refractivity contribution in [2.75, 3.05) is 24.5 Å². The molecule has 0 amide bonds. The number of aromatic nitrogens is 1. The van der Waals surface area contributed by atoms with Crippen LogP contribution in [0.5, 0.6) is 0 Å². The second kappa shape index (κ2) is 7.72. The fourth-order valence-electron chi connectivity index (χ4n) is 2.27. The summed E-state index contributed by atoms with van der Waals surface area (Å²) in [5.41, 5.74) is 6.89. The smallest absolute Gasteiger partial charge is 0.188 e. The number of anilines is 1. The average molecular weight is 275 g/mol. The zero-order valence-electron chi connectivity index (χ0n) is 12.3. The first kappa shape index (κ1) is 14.6. The molecule has 0 aromatic carbocycles. The highest BCUT2D eigenvalue weighted by atomic mass is 15.2. The SMILES string of the molecule is CCCCNC(N)=NCc1ccc(N2CCCC2)nc1. The number of hydrogen-bond acceptors (Lipinski definition) is 3. The first-order chi connectivity index (χ1) is 9.79. The Labute approximate surface area is 121 Å². The molecule has 2 heterocycles. The molecule has 0 unspecified atom stereocenters. The van der Waals surface area contributed by atoms with Crippen LogP contribution in [0, 0.1) is 0 Å². The zero-order chi connectivity index (χ0) is 14.2. The predicted octanol–water partition coefficient (Wildman–Crippen LogP) is 1.89. The van der Waals surface area contributed by atoms with Gasteiger partial charge in [-0.1, -0.05) is 19.4 Å². The van der Waals surface area contributed by atoms with E-state index in [0.717, 1.165) is 43.9 Å². The number of nitrogens with one attached hydrogen (secondary N) is 1. The van der Waals surface area contributed by atoms with Gasteiger partial charge in [-0.05, 0) is 30.9 Å². The highest BCUT2D eigenvalue weighted by Crippen LogP contribution is 2.17. The van der Waals surface area contributed by atoms with Crippen molar-refractivity contribution in [3.63, 3.8) is 0 Å². The number of rotatable bonds is 6. The van der Waals surface area contributed by atoms with E-state index in [9.17, 15) is 0 Å². The summed E-state index contributed by atoms with van der Waals surface area (Å²) in [5, 5.41) is 3.11.